The van der Waals surface area contributed by atoms with Crippen molar-refractivity contribution >= 4 is 23.4 Å². The molecule has 2 atom stereocenters. The number of halogens is 4. The van der Waals surface area contributed by atoms with Crippen molar-refractivity contribution in [1.82, 2.24) is 10.2 Å². The van der Waals surface area contributed by atoms with Gasteiger partial charge in [-0.1, -0.05) is 23.7 Å². The normalized spacial score (nSPS) is 19.8. The van der Waals surface area contributed by atoms with Crippen molar-refractivity contribution in [3.8, 4) is 0 Å². The van der Waals surface area contributed by atoms with Crippen LogP contribution in [0.3, 0.4) is 0 Å². The molecule has 0 aromatic heterocycles. The minimum Gasteiger partial charge on any atom is -0.349 e. The van der Waals surface area contributed by atoms with Crippen LogP contribution in [0.2, 0.25) is 5.02 Å². The van der Waals surface area contributed by atoms with Gasteiger partial charge in [-0.25, -0.2) is 0 Å². The molecule has 1 heterocycles. The average molecular weight is 349 g/mol. The molecule has 0 aliphatic carbocycles. The number of hydrogen-bond donors (Lipinski definition) is 1. The summed E-state index contributed by atoms with van der Waals surface area (Å²) in [7, 11) is 0. The lowest BCUT2D eigenvalue weighted by molar-refractivity contribution is -0.157. The summed E-state index contributed by atoms with van der Waals surface area (Å²) in [5.74, 6) is -1.84. The van der Waals surface area contributed by atoms with Crippen LogP contribution in [0, 0.1) is 5.92 Å². The summed E-state index contributed by atoms with van der Waals surface area (Å²) in [6.45, 7) is 0.227. The lowest BCUT2D eigenvalue weighted by atomic mass is 10.1. The second-order valence-corrected chi connectivity index (χ2v) is 6.01. The number of nitrogens with one attached hydrogen (secondary N) is 1. The second-order valence-electron chi connectivity index (χ2n) is 5.57. The van der Waals surface area contributed by atoms with Crippen LogP contribution in [0.25, 0.3) is 0 Å². The number of rotatable bonds is 4. The Morgan fingerprint density at radius 2 is 2.00 bits per heavy atom. The van der Waals surface area contributed by atoms with Crippen LogP contribution in [0.15, 0.2) is 24.3 Å². The topological polar surface area (TPSA) is 49.4 Å². The van der Waals surface area contributed by atoms with Gasteiger partial charge in [-0.15, -0.1) is 0 Å². The SMILES string of the molecule is C[C@H](NC(=O)[C@H]1CC(=O)N(CC(F)(F)F)C1)c1ccc(Cl)cc1. The van der Waals surface area contributed by atoms with Crippen LogP contribution in [0.4, 0.5) is 13.2 Å². The van der Waals surface area contributed by atoms with E-state index in [0.29, 0.717) is 9.92 Å². The molecule has 0 radical (unpaired) electrons. The van der Waals surface area contributed by atoms with E-state index in [1.165, 1.54) is 0 Å². The summed E-state index contributed by atoms with van der Waals surface area (Å²) in [5.41, 5.74) is 0.819. The first kappa shape index (κ1) is 17.6. The standard InChI is InChI=1S/C15H16ClF3N2O2/c1-9(10-2-4-12(16)5-3-10)20-14(23)11-6-13(22)21(7-11)8-15(17,18)19/h2-5,9,11H,6-8H2,1H3,(H,20,23)/t9-,11-/m0/s1. The van der Waals surface area contributed by atoms with E-state index in [-0.39, 0.29) is 19.0 Å². The average Bonchev–Trinajstić information content (AvgIpc) is 2.79. The fraction of sp³-hybridized carbons (Fsp3) is 0.467. The largest absolute Gasteiger partial charge is 0.406 e. The minimum absolute atomic E-state index is 0.199. The number of carbonyl (C=O) groups excluding carboxylic acids is 2. The molecule has 1 aliphatic heterocycles. The molecule has 1 saturated heterocycles. The molecule has 0 unspecified atom stereocenters. The molecule has 2 amide bonds. The molecule has 4 nitrogen and oxygen atoms in total. The van der Waals surface area contributed by atoms with Gasteiger partial charge in [0.15, 0.2) is 0 Å². The zero-order valence-corrected chi connectivity index (χ0v) is 13.1. The van der Waals surface area contributed by atoms with E-state index in [0.717, 1.165) is 5.56 Å². The fourth-order valence-corrected chi connectivity index (χ4v) is 2.61. The highest BCUT2D eigenvalue weighted by Gasteiger charge is 2.40. The molecule has 1 fully saturated rings. The summed E-state index contributed by atoms with van der Waals surface area (Å²) in [6.07, 6.45) is -4.66. The molecule has 126 valence electrons. The Hall–Kier alpha value is -1.76. The first-order valence-corrected chi connectivity index (χ1v) is 7.44. The number of nitrogens with zero attached hydrogens (tertiary/aromatic N) is 1. The third-order valence-electron chi connectivity index (χ3n) is 3.68. The highest BCUT2D eigenvalue weighted by Crippen LogP contribution is 2.25. The molecule has 1 aromatic rings. The van der Waals surface area contributed by atoms with Crippen LogP contribution in [0.1, 0.15) is 24.9 Å². The molecule has 2 rings (SSSR count). The molecule has 0 bridgehead atoms. The monoisotopic (exact) mass is 348 g/mol. The Morgan fingerprint density at radius 3 is 2.57 bits per heavy atom. The van der Waals surface area contributed by atoms with Crippen LogP contribution in [0.5, 0.6) is 0 Å². The fourth-order valence-electron chi connectivity index (χ4n) is 2.48. The van der Waals surface area contributed by atoms with Crippen molar-refractivity contribution in [3.63, 3.8) is 0 Å². The van der Waals surface area contributed by atoms with Gasteiger partial charge in [0.05, 0.1) is 12.0 Å². The van der Waals surface area contributed by atoms with Gasteiger partial charge in [0.1, 0.15) is 6.54 Å². The molecular formula is C15H16ClF3N2O2. The van der Waals surface area contributed by atoms with E-state index in [1.54, 1.807) is 31.2 Å². The zero-order chi connectivity index (χ0) is 17.2. The van der Waals surface area contributed by atoms with Crippen molar-refractivity contribution < 1.29 is 22.8 Å². The maximum absolute atomic E-state index is 12.4. The van der Waals surface area contributed by atoms with Crippen molar-refractivity contribution in [2.45, 2.75) is 25.6 Å². The van der Waals surface area contributed by atoms with E-state index in [2.05, 4.69) is 5.32 Å². The van der Waals surface area contributed by atoms with Crippen LogP contribution < -0.4 is 5.32 Å². The van der Waals surface area contributed by atoms with Gasteiger partial charge in [0.2, 0.25) is 11.8 Å². The number of alkyl halides is 3. The van der Waals surface area contributed by atoms with E-state index < -0.39 is 30.5 Å². The van der Waals surface area contributed by atoms with Gasteiger partial charge < -0.3 is 10.2 Å². The molecule has 23 heavy (non-hydrogen) atoms. The van der Waals surface area contributed by atoms with E-state index in [1.807, 2.05) is 0 Å². The molecule has 1 aromatic carbocycles. The van der Waals surface area contributed by atoms with Crippen molar-refractivity contribution in [1.29, 1.82) is 0 Å². The van der Waals surface area contributed by atoms with E-state index >= 15 is 0 Å². The number of amides is 2. The molecule has 1 aliphatic rings. The highest BCUT2D eigenvalue weighted by atomic mass is 35.5. The summed E-state index contributed by atoms with van der Waals surface area (Å²) in [6, 6.07) is 6.55. The lowest BCUT2D eigenvalue weighted by Crippen LogP contribution is -2.37. The minimum atomic E-state index is -4.46. The molecule has 8 heteroatoms. The Balaban J connectivity index is 1.93. The summed E-state index contributed by atoms with van der Waals surface area (Å²) in [4.78, 5) is 24.4. The first-order valence-electron chi connectivity index (χ1n) is 7.06. The molecule has 1 N–H and O–H groups in total. The van der Waals surface area contributed by atoms with E-state index in [9.17, 15) is 22.8 Å². The van der Waals surface area contributed by atoms with Gasteiger partial charge in [-0.05, 0) is 24.6 Å². The summed E-state index contributed by atoms with van der Waals surface area (Å²) < 4.78 is 37.1. The predicted octanol–water partition coefficient (Wildman–Crippen LogP) is 2.93. The van der Waals surface area contributed by atoms with E-state index in [4.69, 9.17) is 11.6 Å². The second kappa shape index (κ2) is 6.78. The van der Waals surface area contributed by atoms with Crippen molar-refractivity contribution in [2.24, 2.45) is 5.92 Å². The van der Waals surface area contributed by atoms with Crippen LogP contribution in [-0.4, -0.2) is 36.0 Å². The van der Waals surface area contributed by atoms with Crippen LogP contribution in [-0.2, 0) is 9.59 Å². The number of hydrogen-bond acceptors (Lipinski definition) is 2. The quantitative estimate of drug-likeness (QED) is 0.909. The number of benzene rings is 1. The third kappa shape index (κ3) is 4.86. The maximum Gasteiger partial charge on any atom is 0.406 e. The summed E-state index contributed by atoms with van der Waals surface area (Å²) in [5, 5.41) is 3.29. The van der Waals surface area contributed by atoms with Crippen molar-refractivity contribution in [3.05, 3.63) is 34.9 Å². The molecule has 0 spiro atoms. The number of carbonyl (C=O) groups is 2. The van der Waals surface area contributed by atoms with Gasteiger partial charge in [0.25, 0.3) is 0 Å². The lowest BCUT2D eigenvalue weighted by Gasteiger charge is -2.19. The smallest absolute Gasteiger partial charge is 0.349 e. The van der Waals surface area contributed by atoms with Gasteiger partial charge in [-0.2, -0.15) is 13.2 Å². The van der Waals surface area contributed by atoms with Crippen molar-refractivity contribution in [2.75, 3.05) is 13.1 Å². The Bertz CT molecular complexity index is 589. The molecule has 0 saturated carbocycles. The Labute approximate surface area is 136 Å². The van der Waals surface area contributed by atoms with Gasteiger partial charge >= 0.3 is 6.18 Å². The molecular weight excluding hydrogens is 333 g/mol. The number of likely N-dealkylation sites (tertiary alicyclic amines) is 1. The zero-order valence-electron chi connectivity index (χ0n) is 12.4. The first-order chi connectivity index (χ1) is 10.7. The predicted molar refractivity (Wildman–Crippen MR) is 78.8 cm³/mol. The van der Waals surface area contributed by atoms with Gasteiger partial charge in [0, 0.05) is 18.0 Å². The third-order valence-corrected chi connectivity index (χ3v) is 3.94. The highest BCUT2D eigenvalue weighted by molar-refractivity contribution is 6.30. The summed E-state index contributed by atoms with van der Waals surface area (Å²) >= 11 is 5.79. The van der Waals surface area contributed by atoms with Crippen LogP contribution >= 0.6 is 11.6 Å². The Kier molecular flexibility index (Phi) is 5.19. The maximum atomic E-state index is 12.4. The Morgan fingerprint density at radius 1 is 1.39 bits per heavy atom. The van der Waals surface area contributed by atoms with Gasteiger partial charge in [-0.3, -0.25) is 9.59 Å².